The summed E-state index contributed by atoms with van der Waals surface area (Å²) < 4.78 is 2.35. The van der Waals surface area contributed by atoms with Crippen LogP contribution in [0.25, 0.3) is 11.6 Å². The van der Waals surface area contributed by atoms with E-state index >= 15 is 0 Å². The van der Waals surface area contributed by atoms with E-state index in [-0.39, 0.29) is 40.4 Å². The first-order chi connectivity index (χ1) is 14.5. The van der Waals surface area contributed by atoms with E-state index in [0.29, 0.717) is 5.69 Å². The minimum atomic E-state index is -1.25. The first kappa shape index (κ1) is 18.7. The lowest BCUT2D eigenvalue weighted by atomic mass is 10.2. The number of aromatic nitrogens is 6. The van der Waals surface area contributed by atoms with Crippen molar-refractivity contribution in [2.45, 2.75) is 6.92 Å². The number of hydrogen-bond donors (Lipinski definition) is 3. The minimum Gasteiger partial charge on any atom is -0.492 e. The molecular weight excluding hydrogens is 390 g/mol. The number of nitrogens with two attached hydrogens (primary N) is 1. The molecule has 12 nitrogen and oxygen atoms in total. The van der Waals surface area contributed by atoms with Crippen molar-refractivity contribution in [3.63, 3.8) is 0 Å². The van der Waals surface area contributed by atoms with Crippen LogP contribution < -0.4 is 5.73 Å². The summed E-state index contributed by atoms with van der Waals surface area (Å²) in [6.07, 6.45) is 2.96. The van der Waals surface area contributed by atoms with Gasteiger partial charge in [-0.25, -0.2) is 14.8 Å². The Bertz CT molecular complexity index is 1250. The number of aryl methyl sites for hydroxylation is 1. The second kappa shape index (κ2) is 7.43. The number of nitrogen functional groups attached to an aromatic ring is 1. The van der Waals surface area contributed by atoms with Gasteiger partial charge in [0.15, 0.2) is 17.3 Å². The molecule has 1 aromatic carbocycles. The quantitative estimate of drug-likeness (QED) is 0.425. The van der Waals surface area contributed by atoms with Gasteiger partial charge in [0, 0.05) is 12.4 Å². The molecular formula is C18H15N9O3. The smallest absolute Gasteiger partial charge is 0.341 e. The Kier molecular flexibility index (Phi) is 4.64. The van der Waals surface area contributed by atoms with Gasteiger partial charge < -0.3 is 15.9 Å². The molecule has 0 spiro atoms. The van der Waals surface area contributed by atoms with Gasteiger partial charge in [-0.3, -0.25) is 0 Å². The Morgan fingerprint density at radius 2 is 1.73 bits per heavy atom. The highest BCUT2D eigenvalue weighted by Gasteiger charge is 2.24. The number of carbonyl (C=O) groups is 1. The first-order valence-corrected chi connectivity index (χ1v) is 8.62. The molecule has 4 rings (SSSR count). The molecule has 0 aliphatic heterocycles. The van der Waals surface area contributed by atoms with Crippen LogP contribution in [0.2, 0.25) is 0 Å². The van der Waals surface area contributed by atoms with Crippen LogP contribution in [0.1, 0.15) is 16.1 Å². The predicted octanol–water partition coefficient (Wildman–Crippen LogP) is 2.56. The molecule has 12 heteroatoms. The fourth-order valence-electron chi connectivity index (χ4n) is 2.76. The lowest BCUT2D eigenvalue weighted by molar-refractivity contribution is 0.0697. The number of aromatic hydroxyl groups is 1. The highest BCUT2D eigenvalue weighted by Crippen LogP contribution is 2.36. The molecule has 0 atom stereocenters. The van der Waals surface area contributed by atoms with E-state index in [1.54, 1.807) is 30.3 Å². The average molecular weight is 405 g/mol. The van der Waals surface area contributed by atoms with E-state index in [1.165, 1.54) is 24.0 Å². The van der Waals surface area contributed by atoms with Crippen LogP contribution in [-0.4, -0.2) is 45.7 Å². The molecule has 150 valence electrons. The van der Waals surface area contributed by atoms with Crippen LogP contribution in [0.4, 0.5) is 17.3 Å². The highest BCUT2D eigenvalue weighted by molar-refractivity contribution is 5.94. The van der Waals surface area contributed by atoms with Gasteiger partial charge in [-0.2, -0.15) is 14.5 Å². The van der Waals surface area contributed by atoms with Crippen molar-refractivity contribution in [1.82, 2.24) is 29.5 Å². The third-order valence-electron chi connectivity index (χ3n) is 4.10. The standard InChI is InChI=1S/C18H15N9O3/c1-10-12(17(29)30)15(27(24-10)18-20-8-5-9-21-18)23-22-13-14(19)25-26(16(13)28)11-6-3-2-4-7-11/h2-9,28H,1H3,(H2,19,25)(H,29,30). The van der Waals surface area contributed by atoms with Gasteiger partial charge in [-0.05, 0) is 25.1 Å². The Hall–Kier alpha value is -4.61. The van der Waals surface area contributed by atoms with Crippen LogP contribution in [0.5, 0.6) is 5.88 Å². The predicted molar refractivity (Wildman–Crippen MR) is 105 cm³/mol. The minimum absolute atomic E-state index is 0.0873. The van der Waals surface area contributed by atoms with Crippen molar-refractivity contribution in [1.29, 1.82) is 0 Å². The summed E-state index contributed by atoms with van der Waals surface area (Å²) in [6.45, 7) is 1.52. The second-order valence-corrected chi connectivity index (χ2v) is 6.05. The van der Waals surface area contributed by atoms with E-state index in [2.05, 4.69) is 30.4 Å². The van der Waals surface area contributed by atoms with Crippen molar-refractivity contribution in [3.8, 4) is 17.5 Å². The van der Waals surface area contributed by atoms with Gasteiger partial charge in [0.25, 0.3) is 5.95 Å². The number of para-hydroxylation sites is 1. The number of hydrogen-bond acceptors (Lipinski definition) is 9. The molecule has 0 aliphatic rings. The fourth-order valence-corrected chi connectivity index (χ4v) is 2.76. The maximum Gasteiger partial charge on any atom is 0.341 e. The zero-order valence-electron chi connectivity index (χ0n) is 15.6. The van der Waals surface area contributed by atoms with E-state index < -0.39 is 5.97 Å². The Morgan fingerprint density at radius 1 is 1.03 bits per heavy atom. The van der Waals surface area contributed by atoms with Gasteiger partial charge in [0.1, 0.15) is 5.56 Å². The molecule has 4 aromatic rings. The van der Waals surface area contributed by atoms with Crippen LogP contribution in [-0.2, 0) is 0 Å². The first-order valence-electron chi connectivity index (χ1n) is 8.62. The molecule has 0 bridgehead atoms. The zero-order chi connectivity index (χ0) is 21.3. The van der Waals surface area contributed by atoms with Gasteiger partial charge >= 0.3 is 5.97 Å². The summed E-state index contributed by atoms with van der Waals surface area (Å²) in [6, 6.07) is 10.4. The summed E-state index contributed by atoms with van der Waals surface area (Å²) in [7, 11) is 0. The van der Waals surface area contributed by atoms with Crippen molar-refractivity contribution in [2.75, 3.05) is 5.73 Å². The molecule has 0 radical (unpaired) electrons. The van der Waals surface area contributed by atoms with Crippen LogP contribution in [0.15, 0.2) is 59.0 Å². The maximum absolute atomic E-state index is 11.7. The van der Waals surface area contributed by atoms with E-state index in [9.17, 15) is 15.0 Å². The number of azo groups is 1. The molecule has 0 saturated heterocycles. The van der Waals surface area contributed by atoms with E-state index in [0.717, 1.165) is 4.68 Å². The van der Waals surface area contributed by atoms with Crippen molar-refractivity contribution in [2.24, 2.45) is 10.2 Å². The summed E-state index contributed by atoms with van der Waals surface area (Å²) in [5.41, 5.74) is 6.35. The van der Waals surface area contributed by atoms with Crippen molar-refractivity contribution < 1.29 is 15.0 Å². The third-order valence-corrected chi connectivity index (χ3v) is 4.10. The molecule has 0 saturated carbocycles. The Labute approximate surface area is 169 Å². The summed E-state index contributed by atoms with van der Waals surface area (Å²) >= 11 is 0. The SMILES string of the molecule is Cc1nn(-c2ncccn2)c(N=Nc2c(N)nn(-c3ccccc3)c2O)c1C(=O)O. The van der Waals surface area contributed by atoms with E-state index in [1.807, 2.05) is 6.07 Å². The molecule has 0 fully saturated rings. The number of carboxylic acids is 1. The monoisotopic (exact) mass is 405 g/mol. The van der Waals surface area contributed by atoms with Gasteiger partial charge in [0.05, 0.1) is 11.4 Å². The van der Waals surface area contributed by atoms with Crippen LogP contribution in [0, 0.1) is 6.92 Å². The van der Waals surface area contributed by atoms with Gasteiger partial charge in [-0.15, -0.1) is 15.3 Å². The summed E-state index contributed by atoms with van der Waals surface area (Å²) in [5, 5.41) is 36.3. The summed E-state index contributed by atoms with van der Waals surface area (Å²) in [4.78, 5) is 19.9. The van der Waals surface area contributed by atoms with Crippen LogP contribution >= 0.6 is 0 Å². The lowest BCUT2D eigenvalue weighted by Crippen LogP contribution is -2.02. The Balaban J connectivity index is 1.82. The second-order valence-electron chi connectivity index (χ2n) is 6.05. The molecule has 30 heavy (non-hydrogen) atoms. The third kappa shape index (κ3) is 3.22. The molecule has 3 aromatic heterocycles. The number of aromatic carboxylic acids is 1. The maximum atomic E-state index is 11.7. The number of anilines is 1. The van der Waals surface area contributed by atoms with E-state index in [4.69, 9.17) is 5.73 Å². The number of nitrogens with zero attached hydrogens (tertiary/aromatic N) is 8. The lowest BCUT2D eigenvalue weighted by Gasteiger charge is -2.02. The van der Waals surface area contributed by atoms with Gasteiger partial charge in [0.2, 0.25) is 5.88 Å². The number of rotatable bonds is 5. The van der Waals surface area contributed by atoms with Crippen molar-refractivity contribution >= 4 is 23.3 Å². The number of carboxylic acid groups (broad SMARTS) is 1. The number of benzene rings is 1. The molecule has 4 N–H and O–H groups in total. The molecule has 0 unspecified atom stereocenters. The van der Waals surface area contributed by atoms with Gasteiger partial charge in [-0.1, -0.05) is 18.2 Å². The molecule has 3 heterocycles. The van der Waals surface area contributed by atoms with Crippen LogP contribution in [0.3, 0.4) is 0 Å². The average Bonchev–Trinajstić information content (AvgIpc) is 3.23. The Morgan fingerprint density at radius 3 is 2.40 bits per heavy atom. The largest absolute Gasteiger partial charge is 0.492 e. The molecule has 0 amide bonds. The zero-order valence-corrected chi connectivity index (χ0v) is 15.6. The highest BCUT2D eigenvalue weighted by atomic mass is 16.4. The summed E-state index contributed by atoms with van der Waals surface area (Å²) in [5.74, 6) is -1.70. The van der Waals surface area contributed by atoms with Crippen molar-refractivity contribution in [3.05, 3.63) is 60.0 Å². The fraction of sp³-hybridized carbons (Fsp3) is 0.0556. The molecule has 0 aliphatic carbocycles. The normalized spacial score (nSPS) is 11.2. The topological polar surface area (TPSA) is 170 Å².